The standard InChI is InChI=1S/C23H26N2O3/c1-23(2)14-25(20-9-8-16(15-6-7-15)10-21(20)28-23)19-5-3-4-18(11-19)24-12-17(13-24)22(26)27/h3-5,8-11,15,17H,6-7,12-14H2,1-2H3,(H,26,27). The van der Waals surface area contributed by atoms with Crippen molar-refractivity contribution in [3.63, 3.8) is 0 Å². The van der Waals surface area contributed by atoms with Crippen molar-refractivity contribution in [1.29, 1.82) is 0 Å². The van der Waals surface area contributed by atoms with Gasteiger partial charge in [0.25, 0.3) is 0 Å². The molecule has 1 N–H and O–H groups in total. The lowest BCUT2D eigenvalue weighted by Crippen LogP contribution is -2.50. The summed E-state index contributed by atoms with van der Waals surface area (Å²) in [5.74, 6) is 0.695. The van der Waals surface area contributed by atoms with E-state index in [0.717, 1.165) is 29.4 Å². The molecule has 0 radical (unpaired) electrons. The van der Waals surface area contributed by atoms with Crippen molar-refractivity contribution in [2.24, 2.45) is 5.92 Å². The molecule has 1 aliphatic carbocycles. The van der Waals surface area contributed by atoms with E-state index >= 15 is 0 Å². The molecule has 0 bridgehead atoms. The van der Waals surface area contributed by atoms with E-state index in [-0.39, 0.29) is 11.5 Å². The summed E-state index contributed by atoms with van der Waals surface area (Å²) in [5, 5.41) is 9.14. The molecule has 2 aliphatic heterocycles. The highest BCUT2D eigenvalue weighted by Crippen LogP contribution is 2.47. The van der Waals surface area contributed by atoms with Crippen LogP contribution in [0, 0.1) is 5.92 Å². The Kier molecular flexibility index (Phi) is 3.83. The maximum absolute atomic E-state index is 11.1. The second kappa shape index (κ2) is 6.16. The van der Waals surface area contributed by atoms with Crippen molar-refractivity contribution < 1.29 is 14.6 Å². The number of benzene rings is 2. The lowest BCUT2D eigenvalue weighted by molar-refractivity contribution is -0.142. The van der Waals surface area contributed by atoms with Crippen LogP contribution < -0.4 is 14.5 Å². The molecule has 0 aromatic heterocycles. The van der Waals surface area contributed by atoms with Crippen LogP contribution in [0.1, 0.15) is 38.2 Å². The number of carboxylic acid groups (broad SMARTS) is 1. The summed E-state index contributed by atoms with van der Waals surface area (Å²) in [6.45, 7) is 6.18. The summed E-state index contributed by atoms with van der Waals surface area (Å²) in [7, 11) is 0. The van der Waals surface area contributed by atoms with E-state index in [1.807, 2.05) is 0 Å². The molecule has 0 unspecified atom stereocenters. The van der Waals surface area contributed by atoms with Gasteiger partial charge in [0.15, 0.2) is 0 Å². The van der Waals surface area contributed by atoms with Crippen LogP contribution in [0.5, 0.6) is 5.75 Å². The van der Waals surface area contributed by atoms with Crippen LogP contribution in [-0.2, 0) is 4.79 Å². The van der Waals surface area contributed by atoms with Gasteiger partial charge in [-0.25, -0.2) is 0 Å². The first-order valence-electron chi connectivity index (χ1n) is 10.1. The Balaban J connectivity index is 1.46. The molecule has 3 aliphatic rings. The van der Waals surface area contributed by atoms with Gasteiger partial charge in [-0.2, -0.15) is 0 Å². The molecule has 0 amide bonds. The van der Waals surface area contributed by atoms with Crippen LogP contribution in [-0.4, -0.2) is 36.3 Å². The summed E-state index contributed by atoms with van der Waals surface area (Å²) >= 11 is 0. The third-order valence-corrected chi connectivity index (χ3v) is 5.99. The highest BCUT2D eigenvalue weighted by Gasteiger charge is 2.35. The Morgan fingerprint density at radius 3 is 2.57 bits per heavy atom. The second-order valence-electron chi connectivity index (χ2n) is 8.91. The van der Waals surface area contributed by atoms with Crippen molar-refractivity contribution >= 4 is 23.0 Å². The van der Waals surface area contributed by atoms with Gasteiger partial charge in [-0.15, -0.1) is 0 Å². The van der Waals surface area contributed by atoms with Crippen LogP contribution in [0.4, 0.5) is 17.1 Å². The van der Waals surface area contributed by atoms with E-state index in [1.54, 1.807) is 0 Å². The molecule has 1 saturated carbocycles. The number of fused-ring (bicyclic) bond motifs is 1. The molecule has 2 heterocycles. The Labute approximate surface area is 165 Å². The number of anilines is 3. The summed E-state index contributed by atoms with van der Waals surface area (Å²) in [4.78, 5) is 15.6. The average molecular weight is 378 g/mol. The monoisotopic (exact) mass is 378 g/mol. The zero-order chi connectivity index (χ0) is 19.5. The van der Waals surface area contributed by atoms with E-state index in [9.17, 15) is 4.79 Å². The number of carbonyl (C=O) groups is 1. The number of carboxylic acids is 1. The van der Waals surface area contributed by atoms with E-state index in [0.29, 0.717) is 19.0 Å². The van der Waals surface area contributed by atoms with E-state index in [4.69, 9.17) is 9.84 Å². The number of rotatable bonds is 4. The van der Waals surface area contributed by atoms with Crippen molar-refractivity contribution in [2.75, 3.05) is 29.4 Å². The van der Waals surface area contributed by atoms with Gasteiger partial charge in [-0.05, 0) is 68.5 Å². The number of aliphatic carboxylic acids is 1. The maximum atomic E-state index is 11.1. The summed E-state index contributed by atoms with van der Waals surface area (Å²) < 4.78 is 6.32. The summed E-state index contributed by atoms with van der Waals surface area (Å²) in [6, 6.07) is 15.0. The molecule has 5 nitrogen and oxygen atoms in total. The largest absolute Gasteiger partial charge is 0.484 e. The summed E-state index contributed by atoms with van der Waals surface area (Å²) in [6.07, 6.45) is 2.56. The van der Waals surface area contributed by atoms with Gasteiger partial charge in [0, 0.05) is 24.5 Å². The summed E-state index contributed by atoms with van der Waals surface area (Å²) in [5.41, 5.74) is 4.40. The zero-order valence-electron chi connectivity index (χ0n) is 16.4. The molecule has 2 aromatic rings. The van der Waals surface area contributed by atoms with Crippen molar-refractivity contribution in [2.45, 2.75) is 38.2 Å². The third kappa shape index (κ3) is 3.09. The van der Waals surface area contributed by atoms with E-state index in [2.05, 4.69) is 66.1 Å². The van der Waals surface area contributed by atoms with E-state index in [1.165, 1.54) is 18.4 Å². The van der Waals surface area contributed by atoms with Crippen molar-refractivity contribution in [3.8, 4) is 5.75 Å². The smallest absolute Gasteiger partial charge is 0.310 e. The van der Waals surface area contributed by atoms with Gasteiger partial charge in [-0.3, -0.25) is 4.79 Å². The fourth-order valence-corrected chi connectivity index (χ4v) is 4.24. The van der Waals surface area contributed by atoms with Gasteiger partial charge < -0.3 is 19.6 Å². The second-order valence-corrected chi connectivity index (χ2v) is 8.91. The normalized spacial score (nSPS) is 20.9. The van der Waals surface area contributed by atoms with Crippen LogP contribution in [0.2, 0.25) is 0 Å². The van der Waals surface area contributed by atoms with Crippen LogP contribution in [0.15, 0.2) is 42.5 Å². The molecular formula is C23H26N2O3. The highest BCUT2D eigenvalue weighted by atomic mass is 16.5. The maximum Gasteiger partial charge on any atom is 0.310 e. The first kappa shape index (κ1) is 17.4. The van der Waals surface area contributed by atoms with Gasteiger partial charge in [0.05, 0.1) is 18.2 Å². The molecule has 5 heteroatoms. The Hall–Kier alpha value is -2.69. The van der Waals surface area contributed by atoms with Gasteiger partial charge >= 0.3 is 5.97 Å². The fraction of sp³-hybridized carbons (Fsp3) is 0.435. The zero-order valence-corrected chi connectivity index (χ0v) is 16.4. The van der Waals surface area contributed by atoms with Crippen LogP contribution >= 0.6 is 0 Å². The molecule has 2 fully saturated rings. The van der Waals surface area contributed by atoms with Crippen molar-refractivity contribution in [3.05, 3.63) is 48.0 Å². The minimum atomic E-state index is -0.706. The molecular weight excluding hydrogens is 352 g/mol. The minimum Gasteiger partial charge on any atom is -0.484 e. The predicted molar refractivity (Wildman–Crippen MR) is 110 cm³/mol. The predicted octanol–water partition coefficient (Wildman–Crippen LogP) is 4.39. The molecule has 28 heavy (non-hydrogen) atoms. The molecule has 0 spiro atoms. The molecule has 1 saturated heterocycles. The molecule has 146 valence electrons. The first-order chi connectivity index (χ1) is 13.4. The average Bonchev–Trinajstić information content (AvgIpc) is 3.43. The molecule has 0 atom stereocenters. The van der Waals surface area contributed by atoms with Gasteiger partial charge in [-0.1, -0.05) is 12.1 Å². The number of hydrogen-bond acceptors (Lipinski definition) is 4. The van der Waals surface area contributed by atoms with Crippen molar-refractivity contribution in [1.82, 2.24) is 0 Å². The molecule has 2 aromatic carbocycles. The molecule has 5 rings (SSSR count). The van der Waals surface area contributed by atoms with E-state index < -0.39 is 5.97 Å². The third-order valence-electron chi connectivity index (χ3n) is 5.99. The number of hydrogen-bond donors (Lipinski definition) is 1. The topological polar surface area (TPSA) is 53.0 Å². The minimum absolute atomic E-state index is 0.257. The lowest BCUT2D eigenvalue weighted by atomic mass is 9.99. The van der Waals surface area contributed by atoms with Crippen LogP contribution in [0.3, 0.4) is 0 Å². The Morgan fingerprint density at radius 2 is 1.86 bits per heavy atom. The number of nitrogens with zero attached hydrogens (tertiary/aromatic N) is 2. The lowest BCUT2D eigenvalue weighted by Gasteiger charge is -2.42. The quantitative estimate of drug-likeness (QED) is 0.855. The van der Waals surface area contributed by atoms with Gasteiger partial charge in [0.2, 0.25) is 0 Å². The van der Waals surface area contributed by atoms with Gasteiger partial charge in [0.1, 0.15) is 11.4 Å². The first-order valence-corrected chi connectivity index (χ1v) is 10.1. The fourth-order valence-electron chi connectivity index (χ4n) is 4.24. The SMILES string of the molecule is CC1(C)CN(c2cccc(N3CC(C(=O)O)C3)c2)c2ccc(C3CC3)cc2O1. The van der Waals surface area contributed by atoms with Crippen LogP contribution in [0.25, 0.3) is 0 Å². The highest BCUT2D eigenvalue weighted by molar-refractivity contribution is 5.77. The number of ether oxygens (including phenoxy) is 1. The Morgan fingerprint density at radius 1 is 1.11 bits per heavy atom. The Bertz CT molecular complexity index is 929.